The van der Waals surface area contributed by atoms with Crippen LogP contribution in [0.2, 0.25) is 0 Å². The molecule has 0 aromatic rings. The molecule has 4 heteroatoms. The number of rotatable bonds is 9. The molecule has 1 aliphatic heterocycles. The highest BCUT2D eigenvalue weighted by Gasteiger charge is 2.35. The van der Waals surface area contributed by atoms with E-state index in [4.69, 9.17) is 0 Å². The van der Waals surface area contributed by atoms with Gasteiger partial charge in [0.1, 0.15) is 0 Å². The molecular formula is C14H27NOS2. The summed E-state index contributed by atoms with van der Waals surface area (Å²) < 4.78 is 0.487. The summed E-state index contributed by atoms with van der Waals surface area (Å²) in [6.07, 6.45) is 6.09. The zero-order valence-corrected chi connectivity index (χ0v) is 13.6. The molecule has 1 atom stereocenters. The van der Waals surface area contributed by atoms with Crippen LogP contribution in [0.3, 0.4) is 0 Å². The van der Waals surface area contributed by atoms with Gasteiger partial charge in [-0.15, -0.1) is 23.5 Å². The molecule has 1 aliphatic rings. The summed E-state index contributed by atoms with van der Waals surface area (Å²) in [6.45, 7) is 5.41. The summed E-state index contributed by atoms with van der Waals surface area (Å²) in [5.41, 5.74) is 0. The number of amides is 1. The first-order valence-electron chi connectivity index (χ1n) is 7.18. The fourth-order valence-electron chi connectivity index (χ4n) is 2.07. The molecule has 2 nitrogen and oxygen atoms in total. The summed E-state index contributed by atoms with van der Waals surface area (Å²) in [5, 5.41) is 0. The van der Waals surface area contributed by atoms with Crippen molar-refractivity contribution < 1.29 is 4.79 Å². The third-order valence-corrected chi connectivity index (χ3v) is 6.54. The third-order valence-electron chi connectivity index (χ3n) is 3.36. The fourth-order valence-corrected chi connectivity index (χ4v) is 5.38. The first-order chi connectivity index (χ1) is 8.70. The van der Waals surface area contributed by atoms with Crippen molar-refractivity contribution in [2.75, 3.05) is 25.1 Å². The molecule has 1 amide bonds. The summed E-state index contributed by atoms with van der Waals surface area (Å²) in [7, 11) is 1.94. The molecule has 0 N–H and O–H groups in total. The molecule has 0 bridgehead atoms. The largest absolute Gasteiger partial charge is 0.345 e. The van der Waals surface area contributed by atoms with E-state index in [2.05, 4.69) is 13.8 Å². The zero-order valence-electron chi connectivity index (χ0n) is 12.0. The molecular weight excluding hydrogens is 262 g/mol. The van der Waals surface area contributed by atoms with Gasteiger partial charge >= 0.3 is 0 Å². The second-order valence-corrected chi connectivity index (χ2v) is 7.77. The molecule has 0 aromatic carbocycles. The predicted octanol–water partition coefficient (Wildman–Crippen LogP) is 3.86. The Morgan fingerprint density at radius 2 is 1.78 bits per heavy atom. The van der Waals surface area contributed by atoms with Gasteiger partial charge in [-0.1, -0.05) is 26.7 Å². The molecule has 0 radical (unpaired) electrons. The molecule has 1 rings (SSSR count). The van der Waals surface area contributed by atoms with Crippen LogP contribution in [0.4, 0.5) is 0 Å². The van der Waals surface area contributed by atoms with Gasteiger partial charge in [-0.25, -0.2) is 0 Å². The van der Waals surface area contributed by atoms with Crippen LogP contribution >= 0.6 is 23.5 Å². The molecule has 0 aliphatic carbocycles. The van der Waals surface area contributed by atoms with Gasteiger partial charge in [-0.05, 0) is 30.8 Å². The highest BCUT2D eigenvalue weighted by Crippen LogP contribution is 2.37. The number of hydrogen-bond donors (Lipinski definition) is 0. The minimum absolute atomic E-state index is 0.263. The highest BCUT2D eigenvalue weighted by molar-refractivity contribution is 8.17. The van der Waals surface area contributed by atoms with E-state index in [1.807, 2.05) is 35.5 Å². The lowest BCUT2D eigenvalue weighted by Crippen LogP contribution is -2.27. The number of hydrogen-bond acceptors (Lipinski definition) is 3. The molecule has 1 saturated heterocycles. The topological polar surface area (TPSA) is 20.3 Å². The quantitative estimate of drug-likeness (QED) is 0.475. The van der Waals surface area contributed by atoms with Crippen molar-refractivity contribution in [2.45, 2.75) is 50.5 Å². The van der Waals surface area contributed by atoms with E-state index in [1.54, 1.807) is 0 Å². The van der Waals surface area contributed by atoms with E-state index in [0.29, 0.717) is 10.5 Å². The van der Waals surface area contributed by atoms with Crippen LogP contribution in [-0.4, -0.2) is 40.5 Å². The first kappa shape index (κ1) is 16.2. The smallest absolute Gasteiger partial charge is 0.227 e. The van der Waals surface area contributed by atoms with Gasteiger partial charge in [0.15, 0.2) is 0 Å². The van der Waals surface area contributed by atoms with Crippen LogP contribution in [-0.2, 0) is 4.79 Å². The minimum Gasteiger partial charge on any atom is -0.345 e. The van der Waals surface area contributed by atoms with E-state index in [-0.39, 0.29) is 5.92 Å². The predicted molar refractivity (Wildman–Crippen MR) is 84.3 cm³/mol. The van der Waals surface area contributed by atoms with Gasteiger partial charge in [0.05, 0.1) is 10.5 Å². The van der Waals surface area contributed by atoms with Crippen LogP contribution in [0.25, 0.3) is 0 Å². The standard InChI is InChI=1S/C14H27NOS2/c1-4-6-10-17-14(18-11-7-5-2)12-8-9-15(3)13(12)16/h12,14H,4-11H2,1-3H3. The summed E-state index contributed by atoms with van der Waals surface area (Å²) >= 11 is 4.03. The molecule has 0 spiro atoms. The number of unbranched alkanes of at least 4 members (excludes halogenated alkanes) is 2. The van der Waals surface area contributed by atoms with Gasteiger partial charge in [0, 0.05) is 13.6 Å². The van der Waals surface area contributed by atoms with E-state index in [9.17, 15) is 4.79 Å². The maximum absolute atomic E-state index is 12.1. The summed E-state index contributed by atoms with van der Waals surface area (Å²) in [4.78, 5) is 14.0. The van der Waals surface area contributed by atoms with Crippen LogP contribution in [0, 0.1) is 5.92 Å². The third kappa shape index (κ3) is 5.04. The van der Waals surface area contributed by atoms with Crippen molar-refractivity contribution >= 4 is 29.4 Å². The normalized spacial score (nSPS) is 20.1. The Morgan fingerprint density at radius 1 is 1.22 bits per heavy atom. The van der Waals surface area contributed by atoms with Gasteiger partial charge < -0.3 is 4.90 Å². The van der Waals surface area contributed by atoms with Crippen molar-refractivity contribution in [1.82, 2.24) is 4.90 Å². The molecule has 0 aromatic heterocycles. The van der Waals surface area contributed by atoms with E-state index < -0.39 is 0 Å². The Labute approximate surface area is 121 Å². The van der Waals surface area contributed by atoms with Gasteiger partial charge in [0.2, 0.25) is 5.91 Å². The minimum atomic E-state index is 0.263. The average Bonchev–Trinajstić information content (AvgIpc) is 2.69. The number of carbonyl (C=O) groups excluding carboxylic acids is 1. The SMILES string of the molecule is CCCCSC(SCCCC)C1CCN(C)C1=O. The lowest BCUT2D eigenvalue weighted by molar-refractivity contribution is -0.129. The van der Waals surface area contributed by atoms with Crippen LogP contribution < -0.4 is 0 Å². The first-order valence-corrected chi connectivity index (χ1v) is 9.28. The van der Waals surface area contributed by atoms with Crippen molar-refractivity contribution in [3.8, 4) is 0 Å². The Balaban J connectivity index is 2.44. The Bertz CT molecular complexity index is 238. The van der Waals surface area contributed by atoms with Gasteiger partial charge in [-0.2, -0.15) is 0 Å². The van der Waals surface area contributed by atoms with Crippen LogP contribution in [0.5, 0.6) is 0 Å². The van der Waals surface area contributed by atoms with Crippen molar-refractivity contribution in [2.24, 2.45) is 5.92 Å². The molecule has 18 heavy (non-hydrogen) atoms. The Kier molecular flexibility index (Phi) is 8.23. The van der Waals surface area contributed by atoms with Crippen LogP contribution in [0.15, 0.2) is 0 Å². The second-order valence-electron chi connectivity index (χ2n) is 4.97. The zero-order chi connectivity index (χ0) is 13.4. The average molecular weight is 290 g/mol. The summed E-state index contributed by atoms with van der Waals surface area (Å²) in [6, 6.07) is 0. The molecule has 0 saturated carbocycles. The maximum atomic E-state index is 12.1. The van der Waals surface area contributed by atoms with E-state index in [1.165, 1.54) is 37.2 Å². The fraction of sp³-hybridized carbons (Fsp3) is 0.929. The Morgan fingerprint density at radius 3 is 2.17 bits per heavy atom. The van der Waals surface area contributed by atoms with Crippen molar-refractivity contribution in [1.29, 1.82) is 0 Å². The number of carbonyl (C=O) groups is 1. The van der Waals surface area contributed by atoms with Crippen molar-refractivity contribution in [3.63, 3.8) is 0 Å². The van der Waals surface area contributed by atoms with E-state index >= 15 is 0 Å². The number of likely N-dealkylation sites (tertiary alicyclic amines) is 1. The lowest BCUT2D eigenvalue weighted by Gasteiger charge is -2.21. The number of nitrogens with zero attached hydrogens (tertiary/aromatic N) is 1. The van der Waals surface area contributed by atoms with Crippen molar-refractivity contribution in [3.05, 3.63) is 0 Å². The molecule has 1 heterocycles. The molecule has 1 unspecified atom stereocenters. The van der Waals surface area contributed by atoms with E-state index in [0.717, 1.165) is 13.0 Å². The monoisotopic (exact) mass is 289 g/mol. The number of thioether (sulfide) groups is 2. The highest BCUT2D eigenvalue weighted by atomic mass is 32.2. The molecule has 106 valence electrons. The second kappa shape index (κ2) is 9.13. The summed E-state index contributed by atoms with van der Waals surface area (Å²) in [5.74, 6) is 3.04. The van der Waals surface area contributed by atoms with Gasteiger partial charge in [0.25, 0.3) is 0 Å². The lowest BCUT2D eigenvalue weighted by atomic mass is 10.1. The van der Waals surface area contributed by atoms with Crippen LogP contribution in [0.1, 0.15) is 46.0 Å². The molecule has 1 fully saturated rings. The van der Waals surface area contributed by atoms with Gasteiger partial charge in [-0.3, -0.25) is 4.79 Å². The Hall–Kier alpha value is 0.170. The maximum Gasteiger partial charge on any atom is 0.227 e.